The molecule has 1 unspecified atom stereocenters. The molecule has 0 radical (unpaired) electrons. The molecule has 1 heterocycles. The third-order valence-corrected chi connectivity index (χ3v) is 6.64. The molecule has 3 aromatic carbocycles. The third kappa shape index (κ3) is 6.98. The molecule has 2 N–H and O–H groups in total. The Hall–Kier alpha value is -3.65. The van der Waals surface area contributed by atoms with Gasteiger partial charge in [0.2, 0.25) is 0 Å². The monoisotopic (exact) mass is 510 g/mol. The highest BCUT2D eigenvalue weighted by molar-refractivity contribution is 5.77. The number of alkyl halides is 2. The molecule has 8 heteroatoms. The van der Waals surface area contributed by atoms with Gasteiger partial charge in [-0.15, -0.1) is 0 Å². The van der Waals surface area contributed by atoms with Crippen molar-refractivity contribution in [3.8, 4) is 5.75 Å². The number of aliphatic carboxylic acids is 1. The SMILES string of the molecule is CCN(c1ccc(C(CC(=O)O)c2ccccc2)cc1Nc1ccc(OC(F)F)cc1)C1CCOCC1. The fourth-order valence-corrected chi connectivity index (χ4v) is 4.91. The second-order valence-corrected chi connectivity index (χ2v) is 9.00. The van der Waals surface area contributed by atoms with Crippen LogP contribution in [0.2, 0.25) is 0 Å². The minimum absolute atomic E-state index is 0.0417. The summed E-state index contributed by atoms with van der Waals surface area (Å²) in [5.41, 5.74) is 4.32. The lowest BCUT2D eigenvalue weighted by molar-refractivity contribution is -0.137. The number of rotatable bonds is 11. The number of nitrogens with zero attached hydrogens (tertiary/aromatic N) is 1. The van der Waals surface area contributed by atoms with Crippen molar-refractivity contribution in [2.45, 2.75) is 44.8 Å². The molecule has 1 aliphatic rings. The van der Waals surface area contributed by atoms with E-state index in [0.717, 1.165) is 41.9 Å². The summed E-state index contributed by atoms with van der Waals surface area (Å²) in [6.07, 6.45) is 1.79. The number of hydrogen-bond donors (Lipinski definition) is 2. The first-order valence-electron chi connectivity index (χ1n) is 12.5. The van der Waals surface area contributed by atoms with Crippen molar-refractivity contribution in [3.05, 3.63) is 83.9 Å². The Morgan fingerprint density at radius 2 is 1.76 bits per heavy atom. The zero-order valence-corrected chi connectivity index (χ0v) is 20.8. The summed E-state index contributed by atoms with van der Waals surface area (Å²) in [5.74, 6) is -1.12. The van der Waals surface area contributed by atoms with Crippen LogP contribution in [-0.4, -0.2) is 43.5 Å². The highest BCUT2D eigenvalue weighted by atomic mass is 19.3. The van der Waals surface area contributed by atoms with E-state index in [4.69, 9.17) is 4.74 Å². The molecule has 0 amide bonds. The van der Waals surface area contributed by atoms with Gasteiger partial charge in [0, 0.05) is 37.4 Å². The summed E-state index contributed by atoms with van der Waals surface area (Å²) < 4.78 is 35.2. The Labute approximate surface area is 215 Å². The van der Waals surface area contributed by atoms with Gasteiger partial charge in [0.25, 0.3) is 0 Å². The fourth-order valence-electron chi connectivity index (χ4n) is 4.91. The van der Waals surface area contributed by atoms with Crippen LogP contribution >= 0.6 is 0 Å². The van der Waals surface area contributed by atoms with E-state index in [1.54, 1.807) is 12.1 Å². The molecule has 0 spiro atoms. The quantitative estimate of drug-likeness (QED) is 0.301. The highest BCUT2D eigenvalue weighted by Crippen LogP contribution is 2.38. The van der Waals surface area contributed by atoms with Gasteiger partial charge in [-0.1, -0.05) is 36.4 Å². The Kier molecular flexibility index (Phi) is 8.95. The summed E-state index contributed by atoms with van der Waals surface area (Å²) >= 11 is 0. The van der Waals surface area contributed by atoms with Crippen LogP contribution in [0.1, 0.15) is 43.2 Å². The van der Waals surface area contributed by atoms with E-state index in [1.807, 2.05) is 48.5 Å². The van der Waals surface area contributed by atoms with Gasteiger partial charge in [-0.2, -0.15) is 8.78 Å². The normalized spacial score (nSPS) is 14.8. The van der Waals surface area contributed by atoms with Crippen molar-refractivity contribution < 1.29 is 28.2 Å². The predicted octanol–water partition coefficient (Wildman–Crippen LogP) is 6.64. The van der Waals surface area contributed by atoms with Gasteiger partial charge in [0.1, 0.15) is 5.75 Å². The Morgan fingerprint density at radius 1 is 1.05 bits per heavy atom. The van der Waals surface area contributed by atoms with E-state index in [9.17, 15) is 18.7 Å². The predicted molar refractivity (Wildman–Crippen MR) is 140 cm³/mol. The number of carboxylic acids is 1. The molecule has 0 bridgehead atoms. The van der Waals surface area contributed by atoms with Gasteiger partial charge in [-0.3, -0.25) is 4.79 Å². The van der Waals surface area contributed by atoms with Crippen molar-refractivity contribution >= 4 is 23.0 Å². The number of carbonyl (C=O) groups is 1. The smallest absolute Gasteiger partial charge is 0.387 e. The summed E-state index contributed by atoms with van der Waals surface area (Å²) in [4.78, 5) is 14.1. The third-order valence-electron chi connectivity index (χ3n) is 6.64. The number of halogens is 2. The molecule has 1 fully saturated rings. The van der Waals surface area contributed by atoms with Crippen molar-refractivity contribution in [2.75, 3.05) is 30.0 Å². The van der Waals surface area contributed by atoms with E-state index in [0.29, 0.717) is 24.9 Å². The van der Waals surface area contributed by atoms with E-state index >= 15 is 0 Å². The summed E-state index contributed by atoms with van der Waals surface area (Å²) in [6.45, 7) is 1.44. The molecule has 196 valence electrons. The molecule has 4 rings (SSSR count). The van der Waals surface area contributed by atoms with Gasteiger partial charge in [-0.05, 0) is 67.3 Å². The molecule has 0 saturated carbocycles. The zero-order valence-electron chi connectivity index (χ0n) is 20.8. The van der Waals surface area contributed by atoms with Crippen molar-refractivity contribution in [3.63, 3.8) is 0 Å². The van der Waals surface area contributed by atoms with E-state index in [1.165, 1.54) is 12.1 Å². The molecule has 1 atom stereocenters. The van der Waals surface area contributed by atoms with Crippen molar-refractivity contribution in [2.24, 2.45) is 0 Å². The van der Waals surface area contributed by atoms with Gasteiger partial charge in [0.15, 0.2) is 0 Å². The van der Waals surface area contributed by atoms with Crippen LogP contribution in [0.5, 0.6) is 5.75 Å². The maximum absolute atomic E-state index is 12.6. The molecular formula is C29H32F2N2O4. The summed E-state index contributed by atoms with van der Waals surface area (Å²) in [5, 5.41) is 13.1. The van der Waals surface area contributed by atoms with E-state index in [2.05, 4.69) is 21.9 Å². The lowest BCUT2D eigenvalue weighted by atomic mass is 9.88. The summed E-state index contributed by atoms with van der Waals surface area (Å²) in [7, 11) is 0. The Balaban J connectivity index is 1.73. The fraction of sp³-hybridized carbons (Fsp3) is 0.345. The summed E-state index contributed by atoms with van der Waals surface area (Å²) in [6, 6.07) is 22.3. The lowest BCUT2D eigenvalue weighted by Gasteiger charge is -2.37. The molecular weight excluding hydrogens is 478 g/mol. The van der Waals surface area contributed by atoms with Crippen LogP contribution in [-0.2, 0) is 9.53 Å². The topological polar surface area (TPSA) is 71.0 Å². The molecule has 3 aromatic rings. The standard InChI is InChI=1S/C29H32F2N2O4/c1-2-33(23-14-16-36-17-15-23)27-13-8-21(25(19-28(34)35)20-6-4-3-5-7-20)18-26(27)32-22-9-11-24(12-10-22)37-29(30)31/h3-13,18,23,25,29,32H,2,14-17,19H2,1H3,(H,34,35). The minimum atomic E-state index is -2.89. The average molecular weight is 511 g/mol. The number of hydrogen-bond acceptors (Lipinski definition) is 5. The van der Waals surface area contributed by atoms with Crippen molar-refractivity contribution in [1.29, 1.82) is 0 Å². The van der Waals surface area contributed by atoms with Crippen LogP contribution in [0.15, 0.2) is 72.8 Å². The van der Waals surface area contributed by atoms with Crippen LogP contribution in [0, 0.1) is 0 Å². The van der Waals surface area contributed by atoms with Crippen LogP contribution in [0.4, 0.5) is 25.8 Å². The molecule has 37 heavy (non-hydrogen) atoms. The number of nitrogens with one attached hydrogen (secondary N) is 1. The zero-order chi connectivity index (χ0) is 26.2. The maximum Gasteiger partial charge on any atom is 0.387 e. The maximum atomic E-state index is 12.6. The number of benzene rings is 3. The Bertz CT molecular complexity index is 1150. The lowest BCUT2D eigenvalue weighted by Crippen LogP contribution is -2.39. The van der Waals surface area contributed by atoms with Gasteiger partial charge in [0.05, 0.1) is 17.8 Å². The first-order chi connectivity index (χ1) is 17.9. The first-order valence-corrected chi connectivity index (χ1v) is 12.5. The second-order valence-electron chi connectivity index (χ2n) is 9.00. The number of carboxylic acid groups (broad SMARTS) is 1. The highest BCUT2D eigenvalue weighted by Gasteiger charge is 2.25. The van der Waals surface area contributed by atoms with Gasteiger partial charge >= 0.3 is 12.6 Å². The molecule has 1 aliphatic heterocycles. The average Bonchev–Trinajstić information content (AvgIpc) is 2.90. The van der Waals surface area contributed by atoms with Gasteiger partial charge < -0.3 is 24.8 Å². The Morgan fingerprint density at radius 3 is 2.38 bits per heavy atom. The largest absolute Gasteiger partial charge is 0.481 e. The minimum Gasteiger partial charge on any atom is -0.481 e. The first kappa shape index (κ1) is 26.4. The van der Waals surface area contributed by atoms with E-state index < -0.39 is 12.6 Å². The second kappa shape index (κ2) is 12.5. The molecule has 6 nitrogen and oxygen atoms in total. The van der Waals surface area contributed by atoms with Crippen LogP contribution < -0.4 is 15.0 Å². The molecule has 1 saturated heterocycles. The number of ether oxygens (including phenoxy) is 2. The molecule has 0 aromatic heterocycles. The number of anilines is 3. The van der Waals surface area contributed by atoms with E-state index in [-0.39, 0.29) is 18.1 Å². The van der Waals surface area contributed by atoms with Crippen LogP contribution in [0.3, 0.4) is 0 Å². The van der Waals surface area contributed by atoms with Gasteiger partial charge in [-0.25, -0.2) is 0 Å². The molecule has 0 aliphatic carbocycles. The van der Waals surface area contributed by atoms with Crippen molar-refractivity contribution in [1.82, 2.24) is 0 Å². The van der Waals surface area contributed by atoms with Crippen LogP contribution in [0.25, 0.3) is 0 Å².